The molecule has 6 rings (SSSR count). The SMILES string of the molecule is CCCCc1nn(-c2ccccc2Cl)c(=O)n1Cc1ccc(-c2ccccc2S(=O)(=O)Nc2noc(C)c2C)c(COC2CC2)c1. The average molecular weight is 662 g/mol. The van der Waals surface area contributed by atoms with Crippen molar-refractivity contribution in [3.8, 4) is 16.8 Å². The zero-order valence-corrected chi connectivity index (χ0v) is 27.6. The molecule has 10 nitrogen and oxygen atoms in total. The highest BCUT2D eigenvalue weighted by molar-refractivity contribution is 7.92. The Kier molecular flexibility index (Phi) is 9.17. The Morgan fingerprint density at radius 1 is 1.04 bits per heavy atom. The summed E-state index contributed by atoms with van der Waals surface area (Å²) in [5.74, 6) is 1.37. The summed E-state index contributed by atoms with van der Waals surface area (Å²) in [4.78, 5) is 13.8. The molecule has 5 aromatic rings. The van der Waals surface area contributed by atoms with Gasteiger partial charge >= 0.3 is 5.69 Å². The van der Waals surface area contributed by atoms with Gasteiger partial charge in [0.25, 0.3) is 10.0 Å². The minimum Gasteiger partial charge on any atom is -0.374 e. The van der Waals surface area contributed by atoms with Crippen LogP contribution >= 0.6 is 11.6 Å². The Morgan fingerprint density at radius 3 is 2.52 bits per heavy atom. The van der Waals surface area contributed by atoms with Gasteiger partial charge in [0.15, 0.2) is 5.82 Å². The van der Waals surface area contributed by atoms with E-state index >= 15 is 0 Å². The topological polar surface area (TPSA) is 121 Å². The van der Waals surface area contributed by atoms with Crippen LogP contribution in [0.1, 0.15) is 60.9 Å². The number of aromatic nitrogens is 4. The van der Waals surface area contributed by atoms with E-state index in [0.29, 0.717) is 46.4 Å². The maximum atomic E-state index is 13.7. The van der Waals surface area contributed by atoms with E-state index in [1.54, 1.807) is 48.7 Å². The summed E-state index contributed by atoms with van der Waals surface area (Å²) < 4.78 is 44.3. The van der Waals surface area contributed by atoms with Crippen LogP contribution in [0.25, 0.3) is 16.8 Å². The minimum absolute atomic E-state index is 0.106. The third kappa shape index (κ3) is 6.67. The first kappa shape index (κ1) is 31.8. The lowest BCUT2D eigenvalue weighted by Crippen LogP contribution is -2.25. The van der Waals surface area contributed by atoms with Gasteiger partial charge in [-0.1, -0.05) is 78.6 Å². The van der Waals surface area contributed by atoms with Crippen LogP contribution < -0.4 is 10.4 Å². The molecule has 240 valence electrons. The quantitative estimate of drug-likeness (QED) is 0.147. The van der Waals surface area contributed by atoms with Crippen molar-refractivity contribution in [3.05, 3.63) is 111 Å². The first-order valence-corrected chi connectivity index (χ1v) is 17.2. The average Bonchev–Trinajstić information content (AvgIpc) is 3.77. The van der Waals surface area contributed by atoms with Gasteiger partial charge in [0.05, 0.1) is 34.9 Å². The summed E-state index contributed by atoms with van der Waals surface area (Å²) in [5, 5.41) is 9.01. The number of rotatable bonds is 13. The number of ether oxygens (including phenoxy) is 1. The summed E-state index contributed by atoms with van der Waals surface area (Å²) in [6.07, 6.45) is 4.66. The predicted molar refractivity (Wildman–Crippen MR) is 177 cm³/mol. The summed E-state index contributed by atoms with van der Waals surface area (Å²) in [6, 6.07) is 19.8. The fraction of sp³-hybridized carbons (Fsp3) is 0.324. The fourth-order valence-corrected chi connectivity index (χ4v) is 6.76. The molecule has 3 aromatic carbocycles. The number of aryl methyl sites for hydroxylation is 2. The normalized spacial score (nSPS) is 13.3. The first-order chi connectivity index (χ1) is 22.2. The van der Waals surface area contributed by atoms with Crippen molar-refractivity contribution in [3.63, 3.8) is 0 Å². The van der Waals surface area contributed by atoms with Gasteiger partial charge in [-0.3, -0.25) is 9.29 Å². The Hall–Kier alpha value is -4.19. The summed E-state index contributed by atoms with van der Waals surface area (Å²) >= 11 is 6.44. The molecule has 0 amide bonds. The lowest BCUT2D eigenvalue weighted by molar-refractivity contribution is 0.106. The molecular formula is C34H36ClN5O5S. The highest BCUT2D eigenvalue weighted by Crippen LogP contribution is 2.34. The van der Waals surface area contributed by atoms with E-state index in [0.717, 1.165) is 42.4 Å². The molecular weight excluding hydrogens is 626 g/mol. The third-order valence-electron chi connectivity index (χ3n) is 8.14. The Bertz CT molecular complexity index is 2040. The van der Waals surface area contributed by atoms with Crippen LogP contribution in [-0.4, -0.2) is 34.0 Å². The van der Waals surface area contributed by atoms with Crippen molar-refractivity contribution in [1.29, 1.82) is 0 Å². The molecule has 0 saturated heterocycles. The maximum absolute atomic E-state index is 13.7. The Balaban J connectivity index is 1.39. The number of nitrogens with zero attached hydrogens (tertiary/aromatic N) is 4. The molecule has 46 heavy (non-hydrogen) atoms. The van der Waals surface area contributed by atoms with E-state index in [9.17, 15) is 13.2 Å². The van der Waals surface area contributed by atoms with Gasteiger partial charge < -0.3 is 9.26 Å². The molecule has 1 aliphatic rings. The molecule has 2 heterocycles. The molecule has 12 heteroatoms. The van der Waals surface area contributed by atoms with E-state index in [2.05, 4.69) is 21.9 Å². The number of halogens is 1. The van der Waals surface area contributed by atoms with Crippen molar-refractivity contribution >= 4 is 27.4 Å². The molecule has 0 atom stereocenters. The fourth-order valence-electron chi connectivity index (χ4n) is 5.27. The van der Waals surface area contributed by atoms with Crippen LogP contribution in [0, 0.1) is 13.8 Å². The van der Waals surface area contributed by atoms with Crippen molar-refractivity contribution in [2.75, 3.05) is 4.72 Å². The summed E-state index contributed by atoms with van der Waals surface area (Å²) in [6.45, 7) is 6.15. The highest BCUT2D eigenvalue weighted by Gasteiger charge is 2.26. The van der Waals surface area contributed by atoms with Crippen LogP contribution in [-0.2, 0) is 34.3 Å². The van der Waals surface area contributed by atoms with Crippen molar-refractivity contribution in [2.45, 2.75) is 77.0 Å². The molecule has 0 unspecified atom stereocenters. The van der Waals surface area contributed by atoms with E-state index in [1.807, 2.05) is 36.4 Å². The van der Waals surface area contributed by atoms with Crippen LogP contribution in [0.2, 0.25) is 5.02 Å². The van der Waals surface area contributed by atoms with Gasteiger partial charge in [0.1, 0.15) is 11.6 Å². The summed E-state index contributed by atoms with van der Waals surface area (Å²) in [7, 11) is -4.02. The van der Waals surface area contributed by atoms with E-state index in [1.165, 1.54) is 4.68 Å². The molecule has 1 aliphatic carbocycles. The monoisotopic (exact) mass is 661 g/mol. The van der Waals surface area contributed by atoms with Gasteiger partial charge in [0.2, 0.25) is 0 Å². The number of hydrogen-bond donors (Lipinski definition) is 1. The van der Waals surface area contributed by atoms with Crippen molar-refractivity contribution in [1.82, 2.24) is 19.5 Å². The van der Waals surface area contributed by atoms with E-state index in [-0.39, 0.29) is 29.1 Å². The molecule has 0 spiro atoms. The molecule has 0 bridgehead atoms. The zero-order valence-electron chi connectivity index (χ0n) is 26.0. The van der Waals surface area contributed by atoms with Crippen LogP contribution in [0.15, 0.2) is 80.9 Å². The second kappa shape index (κ2) is 13.3. The largest absolute Gasteiger partial charge is 0.374 e. The van der Waals surface area contributed by atoms with Crippen LogP contribution in [0.5, 0.6) is 0 Å². The van der Waals surface area contributed by atoms with Gasteiger partial charge in [0, 0.05) is 17.5 Å². The molecule has 1 N–H and O–H groups in total. The standard InChI is InChI=1S/C34H36ClN5O5S/c1-4-5-14-32-36-40(30-12-8-7-11-29(30)35)34(41)39(32)20-24-15-18-27(25(19-24)21-44-26-16-17-26)28-10-6-9-13-31(28)46(42,43)38-33-22(2)23(3)45-37-33/h6-13,15,18-19,26H,4-5,14,16-17,20-21H2,1-3H3,(H,37,38). The number of unbranched alkanes of at least 4 members (excludes halogenated alkanes) is 1. The van der Waals surface area contributed by atoms with E-state index < -0.39 is 10.0 Å². The molecule has 1 saturated carbocycles. The maximum Gasteiger partial charge on any atom is 0.351 e. The Labute approximate surface area is 273 Å². The lowest BCUT2D eigenvalue weighted by atomic mass is 9.97. The molecule has 0 aliphatic heterocycles. The number of nitrogens with one attached hydrogen (secondary N) is 1. The van der Waals surface area contributed by atoms with E-state index in [4.69, 9.17) is 20.9 Å². The number of benzene rings is 3. The number of hydrogen-bond acceptors (Lipinski definition) is 7. The van der Waals surface area contributed by atoms with Crippen molar-refractivity contribution < 1.29 is 17.7 Å². The van der Waals surface area contributed by atoms with Gasteiger partial charge in [-0.05, 0) is 68.0 Å². The van der Waals surface area contributed by atoms with Gasteiger partial charge in [-0.15, -0.1) is 5.10 Å². The van der Waals surface area contributed by atoms with Gasteiger partial charge in [-0.25, -0.2) is 13.2 Å². The van der Waals surface area contributed by atoms with Crippen molar-refractivity contribution in [2.24, 2.45) is 0 Å². The second-order valence-corrected chi connectivity index (χ2v) is 13.6. The number of sulfonamides is 1. The third-order valence-corrected chi connectivity index (χ3v) is 9.85. The highest BCUT2D eigenvalue weighted by atomic mass is 35.5. The second-order valence-electron chi connectivity index (χ2n) is 11.6. The summed E-state index contributed by atoms with van der Waals surface area (Å²) in [5.41, 5.74) is 3.81. The van der Waals surface area contributed by atoms with Crippen LogP contribution in [0.4, 0.5) is 5.82 Å². The Morgan fingerprint density at radius 2 is 1.80 bits per heavy atom. The lowest BCUT2D eigenvalue weighted by Gasteiger charge is -2.17. The molecule has 1 fully saturated rings. The zero-order chi connectivity index (χ0) is 32.4. The van der Waals surface area contributed by atoms with Crippen LogP contribution in [0.3, 0.4) is 0 Å². The smallest absolute Gasteiger partial charge is 0.351 e. The molecule has 2 aromatic heterocycles. The predicted octanol–water partition coefficient (Wildman–Crippen LogP) is 6.83. The number of anilines is 1. The number of para-hydroxylation sites is 1. The van der Waals surface area contributed by atoms with Gasteiger partial charge in [-0.2, -0.15) is 4.68 Å². The molecule has 0 radical (unpaired) electrons. The minimum atomic E-state index is -4.02. The first-order valence-electron chi connectivity index (χ1n) is 15.4.